The number of halogens is 1. The highest BCUT2D eigenvalue weighted by Crippen LogP contribution is 2.19. The molecule has 2 rings (SSSR count). The largest absolute Gasteiger partial charge is 0.370 e. The summed E-state index contributed by atoms with van der Waals surface area (Å²) in [5.41, 5.74) is 2.06. The molecule has 0 atom stereocenters. The minimum Gasteiger partial charge on any atom is -0.370 e. The molecule has 2 heterocycles. The van der Waals surface area contributed by atoms with Crippen LogP contribution in [0, 0.1) is 6.92 Å². The first-order valence-electron chi connectivity index (χ1n) is 6.23. The van der Waals surface area contributed by atoms with Crippen molar-refractivity contribution in [2.45, 2.75) is 13.8 Å². The first-order chi connectivity index (χ1) is 9.60. The number of amides is 1. The molecule has 1 amide bonds. The molecule has 2 N–H and O–H groups in total. The van der Waals surface area contributed by atoms with E-state index < -0.39 is 0 Å². The monoisotopic (exact) mass is 334 g/mol. The Morgan fingerprint density at radius 2 is 2.15 bits per heavy atom. The lowest BCUT2D eigenvalue weighted by Crippen LogP contribution is -2.16. The van der Waals surface area contributed by atoms with Crippen molar-refractivity contribution in [3.8, 4) is 0 Å². The van der Waals surface area contributed by atoms with Crippen LogP contribution >= 0.6 is 15.9 Å². The highest BCUT2D eigenvalue weighted by molar-refractivity contribution is 9.10. The number of nitrogens with zero attached hydrogens (tertiary/aromatic N) is 2. The predicted octanol–water partition coefficient (Wildman–Crippen LogP) is 3.23. The highest BCUT2D eigenvalue weighted by Gasteiger charge is 2.13. The number of nitrogens with one attached hydrogen (secondary N) is 2. The van der Waals surface area contributed by atoms with Crippen molar-refractivity contribution < 1.29 is 4.79 Å². The van der Waals surface area contributed by atoms with E-state index in [9.17, 15) is 4.79 Å². The van der Waals surface area contributed by atoms with Gasteiger partial charge in [0.1, 0.15) is 5.82 Å². The smallest absolute Gasteiger partial charge is 0.259 e. The zero-order valence-electron chi connectivity index (χ0n) is 11.3. The summed E-state index contributed by atoms with van der Waals surface area (Å²) in [5.74, 6) is 0.360. The molecule has 0 saturated heterocycles. The van der Waals surface area contributed by atoms with Gasteiger partial charge in [-0.2, -0.15) is 0 Å². The van der Waals surface area contributed by atoms with Crippen LogP contribution in [-0.4, -0.2) is 22.4 Å². The van der Waals surface area contributed by atoms with Crippen molar-refractivity contribution in [1.29, 1.82) is 0 Å². The molecule has 0 aliphatic carbocycles. The first kappa shape index (κ1) is 14.5. The molecule has 2 aromatic rings. The Balaban J connectivity index is 2.26. The molecule has 0 unspecified atom stereocenters. The Bertz CT molecular complexity index is 630. The molecule has 6 heteroatoms. The number of anilines is 2. The zero-order valence-corrected chi connectivity index (χ0v) is 12.9. The highest BCUT2D eigenvalue weighted by atomic mass is 79.9. The number of hydrogen-bond acceptors (Lipinski definition) is 4. The third-order valence-electron chi connectivity index (χ3n) is 2.60. The van der Waals surface area contributed by atoms with Gasteiger partial charge in [-0.3, -0.25) is 9.78 Å². The standard InChI is InChI=1S/C14H15BrN4O/c1-3-16-13-12(7-10(15)8-18-13)14(20)19-11-4-5-17-9(2)6-11/h4-8H,3H2,1-2H3,(H,16,18)(H,17,19,20). The van der Waals surface area contributed by atoms with E-state index in [1.807, 2.05) is 19.9 Å². The molecule has 0 aliphatic heterocycles. The van der Waals surface area contributed by atoms with Crippen molar-refractivity contribution in [3.05, 3.63) is 46.3 Å². The fourth-order valence-electron chi connectivity index (χ4n) is 1.74. The van der Waals surface area contributed by atoms with Crippen LogP contribution in [0.2, 0.25) is 0 Å². The van der Waals surface area contributed by atoms with Gasteiger partial charge in [-0.05, 0) is 48.0 Å². The second-order valence-corrected chi connectivity index (χ2v) is 5.14. The van der Waals surface area contributed by atoms with Gasteiger partial charge in [0.2, 0.25) is 0 Å². The van der Waals surface area contributed by atoms with Crippen LogP contribution in [0.25, 0.3) is 0 Å². The summed E-state index contributed by atoms with van der Waals surface area (Å²) in [7, 11) is 0. The van der Waals surface area contributed by atoms with E-state index in [4.69, 9.17) is 0 Å². The van der Waals surface area contributed by atoms with Crippen molar-refractivity contribution in [3.63, 3.8) is 0 Å². The Morgan fingerprint density at radius 1 is 1.35 bits per heavy atom. The average molecular weight is 335 g/mol. The van der Waals surface area contributed by atoms with Crippen molar-refractivity contribution in [2.75, 3.05) is 17.2 Å². The Kier molecular flexibility index (Phi) is 4.68. The van der Waals surface area contributed by atoms with Gasteiger partial charge in [-0.1, -0.05) is 0 Å². The molecule has 0 bridgehead atoms. The van der Waals surface area contributed by atoms with Gasteiger partial charge in [-0.25, -0.2) is 4.98 Å². The van der Waals surface area contributed by atoms with E-state index in [0.29, 0.717) is 23.6 Å². The predicted molar refractivity (Wildman–Crippen MR) is 83.0 cm³/mol. The molecule has 0 aromatic carbocycles. The lowest BCUT2D eigenvalue weighted by atomic mass is 10.2. The summed E-state index contributed by atoms with van der Waals surface area (Å²) >= 11 is 3.33. The van der Waals surface area contributed by atoms with Gasteiger partial charge in [-0.15, -0.1) is 0 Å². The Morgan fingerprint density at radius 3 is 2.85 bits per heavy atom. The molecule has 5 nitrogen and oxygen atoms in total. The number of aryl methyl sites for hydroxylation is 1. The van der Waals surface area contributed by atoms with Crippen LogP contribution in [0.4, 0.5) is 11.5 Å². The zero-order chi connectivity index (χ0) is 14.5. The van der Waals surface area contributed by atoms with Crippen LogP contribution in [0.5, 0.6) is 0 Å². The van der Waals surface area contributed by atoms with Gasteiger partial charge < -0.3 is 10.6 Å². The van der Waals surface area contributed by atoms with Crippen LogP contribution in [0.15, 0.2) is 35.1 Å². The molecule has 0 saturated carbocycles. The van der Waals surface area contributed by atoms with E-state index in [2.05, 4.69) is 36.5 Å². The first-order valence-corrected chi connectivity index (χ1v) is 7.03. The van der Waals surface area contributed by atoms with Crippen molar-refractivity contribution >= 4 is 33.3 Å². The number of carbonyl (C=O) groups is 1. The van der Waals surface area contributed by atoms with Crippen molar-refractivity contribution in [2.24, 2.45) is 0 Å². The molecular formula is C14H15BrN4O. The maximum Gasteiger partial charge on any atom is 0.259 e. The SMILES string of the molecule is CCNc1ncc(Br)cc1C(=O)Nc1ccnc(C)c1. The third-order valence-corrected chi connectivity index (χ3v) is 3.03. The average Bonchev–Trinajstić information content (AvgIpc) is 2.41. The van der Waals surface area contributed by atoms with Gasteiger partial charge in [0, 0.05) is 34.8 Å². The second-order valence-electron chi connectivity index (χ2n) is 4.22. The molecule has 0 spiro atoms. The summed E-state index contributed by atoms with van der Waals surface area (Å²) in [6.45, 7) is 4.53. The lowest BCUT2D eigenvalue weighted by molar-refractivity contribution is 0.102. The van der Waals surface area contributed by atoms with Gasteiger partial charge in [0.15, 0.2) is 0 Å². The lowest BCUT2D eigenvalue weighted by Gasteiger charge is -2.10. The van der Waals surface area contributed by atoms with E-state index in [-0.39, 0.29) is 5.91 Å². The molecule has 104 valence electrons. The molecule has 0 aliphatic rings. The fraction of sp³-hybridized carbons (Fsp3) is 0.214. The number of carbonyl (C=O) groups excluding carboxylic acids is 1. The summed E-state index contributed by atoms with van der Waals surface area (Å²) in [6, 6.07) is 5.31. The fourth-order valence-corrected chi connectivity index (χ4v) is 2.07. The van der Waals surface area contributed by atoms with Crippen LogP contribution in [-0.2, 0) is 0 Å². The minimum absolute atomic E-state index is 0.208. The van der Waals surface area contributed by atoms with Gasteiger partial charge in [0.25, 0.3) is 5.91 Å². The number of pyridine rings is 2. The summed E-state index contributed by atoms with van der Waals surface area (Å²) in [4.78, 5) is 20.7. The molecule has 20 heavy (non-hydrogen) atoms. The molecular weight excluding hydrogens is 320 g/mol. The maximum atomic E-state index is 12.3. The molecule has 0 radical (unpaired) electrons. The molecule has 0 fully saturated rings. The molecule has 2 aromatic heterocycles. The summed E-state index contributed by atoms with van der Waals surface area (Å²) < 4.78 is 0.759. The third kappa shape index (κ3) is 3.54. The van der Waals surface area contributed by atoms with Crippen molar-refractivity contribution in [1.82, 2.24) is 9.97 Å². The Labute approximate surface area is 126 Å². The summed E-state index contributed by atoms with van der Waals surface area (Å²) in [6.07, 6.45) is 3.32. The maximum absolute atomic E-state index is 12.3. The Hall–Kier alpha value is -1.95. The second kappa shape index (κ2) is 6.47. The topological polar surface area (TPSA) is 66.9 Å². The number of hydrogen-bond donors (Lipinski definition) is 2. The van der Waals surface area contributed by atoms with Gasteiger partial charge >= 0.3 is 0 Å². The minimum atomic E-state index is -0.208. The number of rotatable bonds is 4. The van der Waals surface area contributed by atoms with Crippen LogP contribution in [0.1, 0.15) is 23.0 Å². The normalized spacial score (nSPS) is 10.2. The van der Waals surface area contributed by atoms with E-state index in [1.54, 1.807) is 24.5 Å². The van der Waals surface area contributed by atoms with Crippen LogP contribution in [0.3, 0.4) is 0 Å². The van der Waals surface area contributed by atoms with E-state index >= 15 is 0 Å². The van der Waals surface area contributed by atoms with Crippen LogP contribution < -0.4 is 10.6 Å². The quantitative estimate of drug-likeness (QED) is 0.900. The van der Waals surface area contributed by atoms with E-state index in [0.717, 1.165) is 10.2 Å². The summed E-state index contributed by atoms with van der Waals surface area (Å²) in [5, 5.41) is 5.92. The van der Waals surface area contributed by atoms with E-state index in [1.165, 1.54) is 0 Å². The number of aromatic nitrogens is 2. The van der Waals surface area contributed by atoms with Gasteiger partial charge in [0.05, 0.1) is 5.56 Å².